The van der Waals surface area contributed by atoms with Crippen molar-refractivity contribution in [2.75, 3.05) is 0 Å². The van der Waals surface area contributed by atoms with Crippen LogP contribution >= 0.6 is 0 Å². The summed E-state index contributed by atoms with van der Waals surface area (Å²) >= 11 is 0. The maximum atomic E-state index is 12.0. The average Bonchev–Trinajstić information content (AvgIpc) is 2.55. The topological polar surface area (TPSA) is 92.3 Å². The minimum absolute atomic E-state index is 0.110. The zero-order valence-electron chi connectivity index (χ0n) is 14.3. The first-order valence-corrected chi connectivity index (χ1v) is 7.80. The zero-order chi connectivity index (χ0) is 18.4. The minimum Gasteiger partial charge on any atom is -0.491 e. The van der Waals surface area contributed by atoms with Crippen molar-refractivity contribution in [3.8, 4) is 17.0 Å². The highest BCUT2D eigenvalue weighted by Crippen LogP contribution is 2.26. The molecule has 0 saturated heterocycles. The lowest BCUT2D eigenvalue weighted by Gasteiger charge is -2.11. The van der Waals surface area contributed by atoms with Gasteiger partial charge in [0, 0.05) is 17.6 Å². The Kier molecular flexibility index (Phi) is 5.89. The zero-order valence-corrected chi connectivity index (χ0v) is 14.3. The molecule has 0 fully saturated rings. The van der Waals surface area contributed by atoms with E-state index in [0.717, 1.165) is 22.2 Å². The van der Waals surface area contributed by atoms with Crippen LogP contribution in [-0.4, -0.2) is 27.7 Å². The Morgan fingerprint density at radius 3 is 2.60 bits per heavy atom. The first-order valence-electron chi connectivity index (χ1n) is 7.80. The van der Waals surface area contributed by atoms with Crippen LogP contribution in [0, 0.1) is 6.92 Å². The van der Waals surface area contributed by atoms with Gasteiger partial charge in [-0.05, 0) is 56.7 Å². The number of pyridine rings is 2. The van der Waals surface area contributed by atoms with Gasteiger partial charge in [0.1, 0.15) is 5.75 Å². The summed E-state index contributed by atoms with van der Waals surface area (Å²) in [6.45, 7) is 5.75. The van der Waals surface area contributed by atoms with Gasteiger partial charge in [-0.1, -0.05) is 0 Å². The largest absolute Gasteiger partial charge is 0.491 e. The molecule has 25 heavy (non-hydrogen) atoms. The molecule has 0 spiro atoms. The molecule has 0 aliphatic carbocycles. The van der Waals surface area contributed by atoms with Gasteiger partial charge in [0.2, 0.25) is 0 Å². The lowest BCUT2D eigenvalue weighted by atomic mass is 10.1. The summed E-state index contributed by atoms with van der Waals surface area (Å²) in [7, 11) is 0. The van der Waals surface area contributed by atoms with E-state index >= 15 is 0 Å². The Bertz CT molecular complexity index is 932. The Hall–Kier alpha value is -3.15. The predicted molar refractivity (Wildman–Crippen MR) is 97.0 cm³/mol. The number of benzene rings is 1. The molecule has 0 atom stereocenters. The molecule has 0 radical (unpaired) electrons. The molecule has 2 aromatic heterocycles. The van der Waals surface area contributed by atoms with Crippen LogP contribution in [0.5, 0.6) is 5.75 Å². The van der Waals surface area contributed by atoms with E-state index in [9.17, 15) is 4.79 Å². The number of rotatable bonds is 3. The lowest BCUT2D eigenvalue weighted by molar-refractivity contribution is -0.122. The second-order valence-electron chi connectivity index (χ2n) is 5.69. The van der Waals surface area contributed by atoms with Gasteiger partial charge in [0.05, 0.1) is 22.9 Å². The van der Waals surface area contributed by atoms with Gasteiger partial charge in [-0.15, -0.1) is 0 Å². The Morgan fingerprint density at radius 2 is 1.96 bits per heavy atom. The van der Waals surface area contributed by atoms with Crippen molar-refractivity contribution >= 4 is 17.4 Å². The summed E-state index contributed by atoms with van der Waals surface area (Å²) in [5.74, 6) is 0.786. The number of hydrogen-bond donors (Lipinski definition) is 2. The summed E-state index contributed by atoms with van der Waals surface area (Å²) in [5, 5.41) is 7.95. The summed E-state index contributed by atoms with van der Waals surface area (Å²) < 4.78 is 5.72. The van der Waals surface area contributed by atoms with Gasteiger partial charge in [0.15, 0.2) is 0 Å². The fraction of sp³-hybridized carbons (Fsp3) is 0.211. The molecule has 0 unspecified atom stereocenters. The predicted octanol–water partition coefficient (Wildman–Crippen LogP) is 3.39. The number of aryl methyl sites for hydroxylation is 1. The third kappa shape index (κ3) is 4.44. The number of carbonyl (C=O) groups is 1. The van der Waals surface area contributed by atoms with Crippen LogP contribution in [0.4, 0.5) is 0 Å². The first-order chi connectivity index (χ1) is 12.0. The number of ether oxygens (including phenoxy) is 1. The third-order valence-electron chi connectivity index (χ3n) is 3.45. The molecule has 0 aliphatic heterocycles. The van der Waals surface area contributed by atoms with E-state index in [-0.39, 0.29) is 18.1 Å². The van der Waals surface area contributed by atoms with Gasteiger partial charge in [-0.2, -0.15) is 0 Å². The Morgan fingerprint density at radius 1 is 1.24 bits per heavy atom. The molecule has 130 valence electrons. The van der Waals surface area contributed by atoms with Crippen LogP contribution < -0.4 is 10.3 Å². The summed E-state index contributed by atoms with van der Waals surface area (Å²) in [6.07, 6.45) is 1.73. The van der Waals surface area contributed by atoms with Crippen molar-refractivity contribution in [1.82, 2.24) is 9.97 Å². The minimum atomic E-state index is -0.250. The van der Waals surface area contributed by atoms with E-state index < -0.39 is 0 Å². The molecule has 1 aromatic carbocycles. The highest BCUT2D eigenvalue weighted by Gasteiger charge is 2.09. The van der Waals surface area contributed by atoms with Crippen molar-refractivity contribution in [1.29, 1.82) is 0 Å². The average molecular weight is 340 g/mol. The number of nitrogens with one attached hydrogen (secondary N) is 1. The normalized spacial score (nSPS) is 10.2. The molecule has 0 aliphatic rings. The standard InChI is InChI=1S/C18H18N2O2.CH2O2/c1-11(2)22-13-6-7-14-12(3)9-16(20-17(14)10-13)15-5-4-8-19-18(15)21;2-1-3/h4-11H,1-3H3,(H,19,21);1H,(H,2,3). The number of nitrogens with zero attached hydrogens (tertiary/aromatic N) is 1. The summed E-state index contributed by atoms with van der Waals surface area (Å²) in [6, 6.07) is 11.4. The second-order valence-corrected chi connectivity index (χ2v) is 5.69. The second kappa shape index (κ2) is 8.10. The fourth-order valence-corrected chi connectivity index (χ4v) is 2.49. The monoisotopic (exact) mass is 340 g/mol. The third-order valence-corrected chi connectivity index (χ3v) is 3.45. The van der Waals surface area contributed by atoms with Crippen LogP contribution in [0.1, 0.15) is 19.4 Å². The number of H-pyrrole nitrogens is 1. The van der Waals surface area contributed by atoms with Gasteiger partial charge in [-0.3, -0.25) is 9.59 Å². The van der Waals surface area contributed by atoms with E-state index in [1.165, 1.54) is 0 Å². The van der Waals surface area contributed by atoms with Gasteiger partial charge >= 0.3 is 0 Å². The maximum Gasteiger partial charge on any atom is 0.290 e. The van der Waals surface area contributed by atoms with Crippen molar-refractivity contribution in [3.63, 3.8) is 0 Å². The Balaban J connectivity index is 0.000000701. The van der Waals surface area contributed by atoms with Crippen LogP contribution in [0.15, 0.2) is 47.4 Å². The molecule has 6 nitrogen and oxygen atoms in total. The molecular formula is C19H20N2O4. The first kappa shape index (κ1) is 18.2. The van der Waals surface area contributed by atoms with Gasteiger partial charge in [0.25, 0.3) is 12.0 Å². The van der Waals surface area contributed by atoms with E-state index in [0.29, 0.717) is 11.3 Å². The van der Waals surface area contributed by atoms with Crippen LogP contribution in [0.2, 0.25) is 0 Å². The van der Waals surface area contributed by atoms with E-state index in [4.69, 9.17) is 14.6 Å². The summed E-state index contributed by atoms with van der Waals surface area (Å²) in [5.41, 5.74) is 3.02. The molecule has 0 saturated carbocycles. The SMILES string of the molecule is Cc1cc(-c2ccc[nH]c2=O)nc2cc(OC(C)C)ccc12.O=CO. The van der Waals surface area contributed by atoms with E-state index in [2.05, 4.69) is 9.97 Å². The van der Waals surface area contributed by atoms with Crippen molar-refractivity contribution < 1.29 is 14.6 Å². The molecule has 0 amide bonds. The molecular weight excluding hydrogens is 320 g/mol. The number of carboxylic acid groups (broad SMARTS) is 1. The van der Waals surface area contributed by atoms with E-state index in [1.54, 1.807) is 18.3 Å². The molecule has 0 bridgehead atoms. The maximum absolute atomic E-state index is 12.0. The smallest absolute Gasteiger partial charge is 0.290 e. The number of aromatic amines is 1. The van der Waals surface area contributed by atoms with Crippen molar-refractivity contribution in [2.45, 2.75) is 26.9 Å². The quantitative estimate of drug-likeness (QED) is 0.713. The molecule has 3 rings (SSSR count). The fourth-order valence-electron chi connectivity index (χ4n) is 2.49. The van der Waals surface area contributed by atoms with Gasteiger partial charge < -0.3 is 14.8 Å². The summed E-state index contributed by atoms with van der Waals surface area (Å²) in [4.78, 5) is 27.6. The van der Waals surface area contributed by atoms with Crippen LogP contribution in [0.3, 0.4) is 0 Å². The highest BCUT2D eigenvalue weighted by atomic mass is 16.5. The van der Waals surface area contributed by atoms with Crippen LogP contribution in [-0.2, 0) is 4.79 Å². The highest BCUT2D eigenvalue weighted by molar-refractivity contribution is 5.86. The molecule has 6 heteroatoms. The van der Waals surface area contributed by atoms with Crippen molar-refractivity contribution in [3.05, 3.63) is 58.5 Å². The number of fused-ring (bicyclic) bond motifs is 1. The van der Waals surface area contributed by atoms with Crippen molar-refractivity contribution in [2.24, 2.45) is 0 Å². The number of hydrogen-bond acceptors (Lipinski definition) is 4. The van der Waals surface area contributed by atoms with Crippen LogP contribution in [0.25, 0.3) is 22.2 Å². The van der Waals surface area contributed by atoms with E-state index in [1.807, 2.05) is 45.0 Å². The molecule has 2 N–H and O–H groups in total. The Labute approximate surface area is 145 Å². The van der Waals surface area contributed by atoms with Gasteiger partial charge in [-0.25, -0.2) is 4.98 Å². The lowest BCUT2D eigenvalue weighted by Crippen LogP contribution is -2.08. The molecule has 3 aromatic rings. The number of aromatic nitrogens is 2. The molecule has 2 heterocycles.